The summed E-state index contributed by atoms with van der Waals surface area (Å²) < 4.78 is 0. The molecule has 2 fully saturated rings. The second-order valence-electron chi connectivity index (χ2n) is 9.02. The van der Waals surface area contributed by atoms with Crippen LogP contribution in [0.1, 0.15) is 65.2 Å². The van der Waals surface area contributed by atoms with Crippen LogP contribution in [0.2, 0.25) is 0 Å². The molecule has 6 N–H and O–H groups in total. The van der Waals surface area contributed by atoms with E-state index in [0.29, 0.717) is 23.7 Å². The minimum Gasteiger partial charge on any atom is -0.330 e. The molecule has 0 radical (unpaired) electrons. The minimum absolute atomic E-state index is 0.0157. The average Bonchev–Trinajstić information content (AvgIpc) is 3.16. The summed E-state index contributed by atoms with van der Waals surface area (Å²) in [6, 6.07) is 0.738. The molecule has 2 atom stereocenters. The zero-order valence-electron chi connectivity index (χ0n) is 21.4. The van der Waals surface area contributed by atoms with Gasteiger partial charge < -0.3 is 4.84 Å². The number of imide groups is 1. The zero-order valence-corrected chi connectivity index (χ0v) is 21.4. The molecule has 2 heterocycles. The molecule has 2 unspecified atom stereocenters. The van der Waals surface area contributed by atoms with E-state index < -0.39 is 17.8 Å². The van der Waals surface area contributed by atoms with E-state index in [0.717, 1.165) is 12.8 Å². The Morgan fingerprint density at radius 2 is 1.22 bits per heavy atom. The van der Waals surface area contributed by atoms with Crippen molar-refractivity contribution < 1.29 is 33.6 Å². The van der Waals surface area contributed by atoms with E-state index in [-0.39, 0.29) is 69.5 Å². The quantitative estimate of drug-likeness (QED) is 0.0778. The van der Waals surface area contributed by atoms with E-state index in [1.54, 1.807) is 0 Å². The summed E-state index contributed by atoms with van der Waals surface area (Å²) in [6.45, 7) is 5.00. The van der Waals surface area contributed by atoms with E-state index in [4.69, 9.17) is 4.84 Å². The molecule has 0 aliphatic carbocycles. The Morgan fingerprint density at radius 3 is 1.73 bits per heavy atom. The molecule has 15 nitrogen and oxygen atoms in total. The fourth-order valence-electron chi connectivity index (χ4n) is 3.92. The van der Waals surface area contributed by atoms with Crippen LogP contribution in [0.25, 0.3) is 0 Å². The van der Waals surface area contributed by atoms with Crippen LogP contribution in [0.5, 0.6) is 0 Å². The largest absolute Gasteiger partial charge is 0.334 e. The summed E-state index contributed by atoms with van der Waals surface area (Å²) in [5.41, 5.74) is 15.4. The van der Waals surface area contributed by atoms with Crippen molar-refractivity contribution in [2.75, 3.05) is 26.2 Å². The van der Waals surface area contributed by atoms with Crippen molar-refractivity contribution in [2.24, 2.45) is 0 Å². The van der Waals surface area contributed by atoms with Gasteiger partial charge in [-0.1, -0.05) is 6.42 Å². The minimum atomic E-state index is -0.782. The van der Waals surface area contributed by atoms with Gasteiger partial charge >= 0.3 is 5.97 Å². The molecule has 2 aliphatic rings. The van der Waals surface area contributed by atoms with Gasteiger partial charge in [-0.2, -0.15) is 0 Å². The molecule has 15 heteroatoms. The van der Waals surface area contributed by atoms with E-state index in [1.165, 1.54) is 6.42 Å². The molecule has 2 saturated heterocycles. The second-order valence-corrected chi connectivity index (χ2v) is 9.02. The first kappa shape index (κ1) is 30.1. The van der Waals surface area contributed by atoms with Crippen LogP contribution in [0.4, 0.5) is 0 Å². The van der Waals surface area contributed by atoms with Gasteiger partial charge in [0.05, 0.1) is 13.0 Å². The molecule has 37 heavy (non-hydrogen) atoms. The molecular formula is C22H38N8O7. The highest BCUT2D eigenvalue weighted by Crippen LogP contribution is 2.21. The zero-order chi connectivity index (χ0) is 27.2. The van der Waals surface area contributed by atoms with Gasteiger partial charge in [-0.15, -0.1) is 5.06 Å². The molecule has 0 aromatic heterocycles. The average molecular weight is 527 g/mol. The standard InChI is InChI=1S/C22H38N8O7/c1-15-4-3-5-16(2)29(15)14-19(33)28-24-12-9-17(31)26-23-11-8-18(32)27-25-13-10-22(36)37-30-20(34)6-7-21(30)35/h15-16,23-25H,3-14H2,1-2H3,(H,26,31)(H,27,32)(H,28,33). The third-order valence-electron chi connectivity index (χ3n) is 5.99. The van der Waals surface area contributed by atoms with Crippen LogP contribution in [0.15, 0.2) is 0 Å². The van der Waals surface area contributed by atoms with E-state index >= 15 is 0 Å². The lowest BCUT2D eigenvalue weighted by molar-refractivity contribution is -0.197. The molecule has 5 amide bonds. The number of carbonyl (C=O) groups is 6. The third kappa shape index (κ3) is 11.2. The molecule has 0 saturated carbocycles. The maximum Gasteiger partial charge on any atom is 0.334 e. The maximum absolute atomic E-state index is 12.1. The first-order chi connectivity index (χ1) is 17.7. The number of carbonyl (C=O) groups excluding carboxylic acids is 6. The number of hydrogen-bond acceptors (Lipinski definition) is 11. The SMILES string of the molecule is CC1CCCC(C)N1CC(=O)NNCCC(=O)NNCCC(=O)NNCCC(=O)ON1C(=O)CCC1=O. The van der Waals surface area contributed by atoms with Crippen molar-refractivity contribution in [1.29, 1.82) is 0 Å². The topological polar surface area (TPSA) is 190 Å². The molecule has 2 aliphatic heterocycles. The fourth-order valence-corrected chi connectivity index (χ4v) is 3.92. The lowest BCUT2D eigenvalue weighted by Crippen LogP contribution is -2.51. The Kier molecular flexibility index (Phi) is 12.9. The Labute approximate surface area is 215 Å². The van der Waals surface area contributed by atoms with Crippen LogP contribution in [0, 0.1) is 0 Å². The van der Waals surface area contributed by atoms with E-state index in [9.17, 15) is 28.8 Å². The summed E-state index contributed by atoms with van der Waals surface area (Å²) in [7, 11) is 0. The Bertz CT molecular complexity index is 814. The van der Waals surface area contributed by atoms with Gasteiger partial charge in [-0.05, 0) is 26.7 Å². The van der Waals surface area contributed by atoms with Crippen molar-refractivity contribution in [3.05, 3.63) is 0 Å². The van der Waals surface area contributed by atoms with Gasteiger partial charge in [0.25, 0.3) is 11.8 Å². The fraction of sp³-hybridized carbons (Fsp3) is 0.727. The number of likely N-dealkylation sites (tertiary alicyclic amines) is 1. The van der Waals surface area contributed by atoms with Crippen molar-refractivity contribution >= 4 is 35.5 Å². The van der Waals surface area contributed by atoms with E-state index in [1.807, 2.05) is 0 Å². The lowest BCUT2D eigenvalue weighted by atomic mass is 9.98. The number of hydrogen-bond donors (Lipinski definition) is 6. The predicted octanol–water partition coefficient (Wildman–Crippen LogP) is -2.11. The summed E-state index contributed by atoms with van der Waals surface area (Å²) in [5.74, 6) is -2.75. The van der Waals surface area contributed by atoms with Crippen molar-refractivity contribution in [3.8, 4) is 0 Å². The molecule has 2 rings (SSSR count). The first-order valence-corrected chi connectivity index (χ1v) is 12.5. The Balaban J connectivity index is 1.42. The van der Waals surface area contributed by atoms with Crippen LogP contribution in [0.3, 0.4) is 0 Å². The monoisotopic (exact) mass is 526 g/mol. The summed E-state index contributed by atoms with van der Waals surface area (Å²) in [5, 5.41) is 0.463. The molecule has 0 bridgehead atoms. The number of amides is 5. The predicted molar refractivity (Wildman–Crippen MR) is 129 cm³/mol. The number of hydroxylamine groups is 2. The van der Waals surface area contributed by atoms with Crippen molar-refractivity contribution in [3.63, 3.8) is 0 Å². The van der Waals surface area contributed by atoms with Crippen molar-refractivity contribution in [1.82, 2.24) is 42.5 Å². The van der Waals surface area contributed by atoms with Gasteiger partial charge in [0.1, 0.15) is 0 Å². The van der Waals surface area contributed by atoms with Crippen LogP contribution in [-0.2, 0) is 33.6 Å². The number of nitrogens with one attached hydrogen (secondary N) is 6. The Hall–Kier alpha value is -3.14. The molecule has 0 aromatic rings. The molecule has 208 valence electrons. The van der Waals surface area contributed by atoms with E-state index in [2.05, 4.69) is 51.3 Å². The summed E-state index contributed by atoms with van der Waals surface area (Å²) in [6.07, 6.45) is 3.36. The lowest BCUT2D eigenvalue weighted by Gasteiger charge is -2.38. The third-order valence-corrected chi connectivity index (χ3v) is 5.99. The summed E-state index contributed by atoms with van der Waals surface area (Å²) >= 11 is 0. The van der Waals surface area contributed by atoms with Gasteiger partial charge in [-0.25, -0.2) is 21.1 Å². The highest BCUT2D eigenvalue weighted by atomic mass is 16.7. The highest BCUT2D eigenvalue weighted by Gasteiger charge is 2.32. The Morgan fingerprint density at radius 1 is 0.757 bits per heavy atom. The van der Waals surface area contributed by atoms with Crippen LogP contribution < -0.4 is 32.6 Å². The van der Waals surface area contributed by atoms with Crippen LogP contribution >= 0.6 is 0 Å². The normalized spacial score (nSPS) is 20.0. The molecular weight excluding hydrogens is 488 g/mol. The number of hydrazine groups is 3. The van der Waals surface area contributed by atoms with Gasteiger partial charge in [0.15, 0.2) is 0 Å². The van der Waals surface area contributed by atoms with Gasteiger partial charge in [0, 0.05) is 57.4 Å². The molecule has 0 aromatic carbocycles. The smallest absolute Gasteiger partial charge is 0.330 e. The molecule has 0 spiro atoms. The second kappa shape index (κ2) is 15.9. The van der Waals surface area contributed by atoms with Crippen molar-refractivity contribution in [2.45, 2.75) is 77.3 Å². The maximum atomic E-state index is 12.1. The number of piperidine rings is 1. The highest BCUT2D eigenvalue weighted by molar-refractivity contribution is 6.01. The van der Waals surface area contributed by atoms with Gasteiger partial charge in [0.2, 0.25) is 17.7 Å². The first-order valence-electron chi connectivity index (χ1n) is 12.5. The summed E-state index contributed by atoms with van der Waals surface area (Å²) in [4.78, 5) is 77.0. The van der Waals surface area contributed by atoms with Gasteiger partial charge in [-0.3, -0.25) is 45.1 Å². The number of rotatable bonds is 15. The van der Waals surface area contributed by atoms with Crippen LogP contribution in [-0.4, -0.2) is 83.7 Å². The number of nitrogens with zero attached hydrogens (tertiary/aromatic N) is 2.